The molecule has 2 saturated carbocycles. The Bertz CT molecular complexity index is 760. The number of hydrogen-bond acceptors (Lipinski definition) is 4. The van der Waals surface area contributed by atoms with Gasteiger partial charge in [0.1, 0.15) is 0 Å². The molecule has 3 aliphatic carbocycles. The van der Waals surface area contributed by atoms with Crippen molar-refractivity contribution in [3.05, 3.63) is 47.1 Å². The number of aliphatic hydroxyl groups is 3. The van der Waals surface area contributed by atoms with Crippen LogP contribution in [0.4, 0.5) is 0 Å². The number of aliphatic hydroxyl groups excluding tert-OH is 2. The van der Waals surface area contributed by atoms with Gasteiger partial charge in [-0.2, -0.15) is 11.8 Å². The number of allylic oxidation sites excluding steroid dienone is 4. The van der Waals surface area contributed by atoms with Crippen molar-refractivity contribution in [2.75, 3.05) is 5.75 Å². The molecule has 3 rings (SSSR count). The fraction of sp³-hybridized carbons (Fsp3) is 0.704. The summed E-state index contributed by atoms with van der Waals surface area (Å²) in [6.07, 6.45) is 12.9. The second kappa shape index (κ2) is 9.99. The Morgan fingerprint density at radius 3 is 2.68 bits per heavy atom. The van der Waals surface area contributed by atoms with Gasteiger partial charge in [-0.25, -0.2) is 0 Å². The second-order valence-electron chi connectivity index (χ2n) is 10.2. The minimum atomic E-state index is -0.632. The summed E-state index contributed by atoms with van der Waals surface area (Å²) in [6.45, 7) is 13.0. The van der Waals surface area contributed by atoms with Gasteiger partial charge in [-0.3, -0.25) is 0 Å². The van der Waals surface area contributed by atoms with Crippen molar-refractivity contribution in [3.63, 3.8) is 0 Å². The van der Waals surface area contributed by atoms with E-state index in [1.165, 1.54) is 18.4 Å². The molecule has 0 aromatic carbocycles. The molecule has 0 radical (unpaired) electrons. The first kappa shape index (κ1) is 24.8. The van der Waals surface area contributed by atoms with Crippen molar-refractivity contribution >= 4 is 11.8 Å². The molecule has 2 fully saturated rings. The van der Waals surface area contributed by atoms with E-state index in [0.29, 0.717) is 24.0 Å². The largest absolute Gasteiger partial charge is 0.393 e. The maximum absolute atomic E-state index is 10.7. The first-order valence-electron chi connectivity index (χ1n) is 12.1. The lowest BCUT2D eigenvalue weighted by atomic mass is 9.64. The molecule has 3 aliphatic rings. The van der Waals surface area contributed by atoms with Crippen LogP contribution < -0.4 is 0 Å². The van der Waals surface area contributed by atoms with E-state index in [-0.39, 0.29) is 5.41 Å². The van der Waals surface area contributed by atoms with E-state index in [2.05, 4.69) is 52.5 Å². The normalized spacial score (nSPS) is 35.4. The Morgan fingerprint density at radius 1 is 1.29 bits per heavy atom. The van der Waals surface area contributed by atoms with Crippen molar-refractivity contribution < 1.29 is 15.3 Å². The van der Waals surface area contributed by atoms with Gasteiger partial charge in [0, 0.05) is 17.4 Å². The molecule has 0 spiro atoms. The summed E-state index contributed by atoms with van der Waals surface area (Å²) in [5.41, 5.74) is 4.43. The quantitative estimate of drug-likeness (QED) is 0.438. The van der Waals surface area contributed by atoms with Crippen LogP contribution in [0, 0.1) is 11.3 Å². The van der Waals surface area contributed by atoms with Gasteiger partial charge in [0.05, 0.1) is 17.8 Å². The monoisotopic (exact) mass is 446 g/mol. The van der Waals surface area contributed by atoms with Crippen molar-refractivity contribution in [1.29, 1.82) is 0 Å². The summed E-state index contributed by atoms with van der Waals surface area (Å²) in [5, 5.41) is 31.3. The van der Waals surface area contributed by atoms with Gasteiger partial charge in [-0.05, 0) is 74.3 Å². The molecule has 174 valence electrons. The van der Waals surface area contributed by atoms with Gasteiger partial charge < -0.3 is 15.3 Å². The number of hydrogen-bond donors (Lipinski definition) is 3. The highest BCUT2D eigenvalue weighted by molar-refractivity contribution is 8.00. The van der Waals surface area contributed by atoms with Crippen LogP contribution in [-0.4, -0.2) is 44.1 Å². The highest BCUT2D eigenvalue weighted by Gasteiger charge is 2.46. The van der Waals surface area contributed by atoms with Gasteiger partial charge in [0.25, 0.3) is 0 Å². The number of thioether (sulfide) groups is 1. The third kappa shape index (κ3) is 5.24. The van der Waals surface area contributed by atoms with Crippen molar-refractivity contribution in [2.45, 2.75) is 102 Å². The van der Waals surface area contributed by atoms with Crippen molar-refractivity contribution in [2.24, 2.45) is 11.3 Å². The molecule has 5 atom stereocenters. The average Bonchev–Trinajstić information content (AvgIpc) is 3.10. The zero-order valence-electron chi connectivity index (χ0n) is 19.9. The Balaban J connectivity index is 1.73. The molecular formula is C27H42O3S. The maximum atomic E-state index is 10.7. The van der Waals surface area contributed by atoms with Crippen LogP contribution in [-0.2, 0) is 0 Å². The lowest BCUT2D eigenvalue weighted by Crippen LogP contribution is -2.35. The smallest absolute Gasteiger partial charge is 0.0811 e. The second-order valence-corrected chi connectivity index (χ2v) is 11.5. The predicted molar refractivity (Wildman–Crippen MR) is 132 cm³/mol. The van der Waals surface area contributed by atoms with E-state index in [0.717, 1.165) is 42.6 Å². The van der Waals surface area contributed by atoms with Gasteiger partial charge in [-0.15, -0.1) is 0 Å². The Morgan fingerprint density at radius 2 is 2.00 bits per heavy atom. The summed E-state index contributed by atoms with van der Waals surface area (Å²) >= 11 is 1.91. The molecule has 0 amide bonds. The van der Waals surface area contributed by atoms with Crippen LogP contribution in [0.1, 0.15) is 79.1 Å². The van der Waals surface area contributed by atoms with Crippen LogP contribution >= 0.6 is 11.8 Å². The fourth-order valence-corrected chi connectivity index (χ4v) is 7.28. The van der Waals surface area contributed by atoms with Gasteiger partial charge in [0.2, 0.25) is 0 Å². The summed E-state index contributed by atoms with van der Waals surface area (Å²) < 4.78 is 0. The Labute approximate surface area is 193 Å². The summed E-state index contributed by atoms with van der Waals surface area (Å²) in [4.78, 5) is 0. The summed E-state index contributed by atoms with van der Waals surface area (Å²) in [7, 11) is 0. The van der Waals surface area contributed by atoms with Gasteiger partial charge >= 0.3 is 0 Å². The lowest BCUT2D eigenvalue weighted by Gasteiger charge is -2.42. The summed E-state index contributed by atoms with van der Waals surface area (Å²) in [5.74, 6) is 1.32. The fourth-order valence-electron chi connectivity index (χ4n) is 5.77. The zero-order valence-corrected chi connectivity index (χ0v) is 20.7. The molecule has 0 aromatic rings. The van der Waals surface area contributed by atoms with Crippen LogP contribution in [0.2, 0.25) is 0 Å². The molecular weight excluding hydrogens is 404 g/mol. The van der Waals surface area contributed by atoms with E-state index in [1.807, 2.05) is 11.8 Å². The zero-order chi connectivity index (χ0) is 22.8. The lowest BCUT2D eigenvalue weighted by molar-refractivity contribution is 0.0571. The topological polar surface area (TPSA) is 60.7 Å². The van der Waals surface area contributed by atoms with Crippen LogP contribution in [0.3, 0.4) is 0 Å². The van der Waals surface area contributed by atoms with Crippen LogP contribution in [0.15, 0.2) is 47.1 Å². The predicted octanol–water partition coefficient (Wildman–Crippen LogP) is 5.72. The van der Waals surface area contributed by atoms with E-state index < -0.39 is 17.8 Å². The SMILES string of the molecule is C=C1/C(=C\C=C2/CCC[C@]3(C)C(C(C)SCC(O)(CC)CC)=CC[C@@H]23)C[C@@H](O)C[C@@H]1O. The molecule has 0 saturated heterocycles. The summed E-state index contributed by atoms with van der Waals surface area (Å²) in [6, 6.07) is 0. The van der Waals surface area contributed by atoms with E-state index in [9.17, 15) is 15.3 Å². The molecule has 3 N–H and O–H groups in total. The molecule has 0 aromatic heterocycles. The Kier molecular flexibility index (Phi) is 8.00. The van der Waals surface area contributed by atoms with Crippen LogP contribution in [0.5, 0.6) is 0 Å². The van der Waals surface area contributed by atoms with E-state index >= 15 is 0 Å². The first-order valence-corrected chi connectivity index (χ1v) is 13.2. The number of rotatable bonds is 7. The molecule has 4 heteroatoms. The highest BCUT2D eigenvalue weighted by atomic mass is 32.2. The van der Waals surface area contributed by atoms with Gasteiger partial charge in [-0.1, -0.05) is 56.7 Å². The van der Waals surface area contributed by atoms with E-state index in [4.69, 9.17) is 0 Å². The molecule has 0 aliphatic heterocycles. The van der Waals surface area contributed by atoms with Crippen molar-refractivity contribution in [3.8, 4) is 0 Å². The van der Waals surface area contributed by atoms with Gasteiger partial charge in [0.15, 0.2) is 0 Å². The molecule has 1 unspecified atom stereocenters. The third-order valence-corrected chi connectivity index (χ3v) is 9.69. The third-order valence-electron chi connectivity index (χ3n) is 8.23. The molecule has 0 bridgehead atoms. The molecule has 0 heterocycles. The maximum Gasteiger partial charge on any atom is 0.0811 e. The molecule has 31 heavy (non-hydrogen) atoms. The highest BCUT2D eigenvalue weighted by Crippen LogP contribution is 2.57. The minimum Gasteiger partial charge on any atom is -0.393 e. The van der Waals surface area contributed by atoms with E-state index in [1.54, 1.807) is 5.57 Å². The Hall–Kier alpha value is -0.810. The average molecular weight is 447 g/mol. The first-order chi connectivity index (χ1) is 14.6. The minimum absolute atomic E-state index is 0.189. The molecule has 3 nitrogen and oxygen atoms in total. The van der Waals surface area contributed by atoms with Crippen molar-refractivity contribution in [1.82, 2.24) is 0 Å². The number of fused-ring (bicyclic) bond motifs is 1. The van der Waals surface area contributed by atoms with Crippen LogP contribution in [0.25, 0.3) is 0 Å². The standard InChI is InChI=1S/C27H42O3S/c1-6-27(30,7-2)17-31-19(4)23-12-13-24-20(9-8-14-26(23,24)5)10-11-21-15-22(28)16-25(29)18(21)3/h10-12,19,22,24-25,28-30H,3,6-9,13-17H2,1-2,4-5H3/b20-10+,21-11-/t19?,22-,24+,25+,26-/m1/s1.